The molecule has 7 nitrogen and oxygen atoms in total. The molecule has 1 unspecified atom stereocenters. The van der Waals surface area contributed by atoms with Crippen LogP contribution in [0, 0.1) is 5.41 Å². The highest BCUT2D eigenvalue weighted by Crippen LogP contribution is 2.48. The summed E-state index contributed by atoms with van der Waals surface area (Å²) in [6.45, 7) is 0.238. The number of nitrogens with zero attached hydrogens (tertiary/aromatic N) is 1. The Morgan fingerprint density at radius 2 is 2.17 bits per heavy atom. The van der Waals surface area contributed by atoms with E-state index in [0.29, 0.717) is 25.0 Å². The summed E-state index contributed by atoms with van der Waals surface area (Å²) in [6.07, 6.45) is 2.96. The van der Waals surface area contributed by atoms with Crippen molar-refractivity contribution < 1.29 is 22.4 Å². The number of amides is 2. The van der Waals surface area contributed by atoms with Gasteiger partial charge in [0.2, 0.25) is 11.8 Å². The first-order valence-corrected chi connectivity index (χ1v) is 9.45. The van der Waals surface area contributed by atoms with Crippen LogP contribution in [0.2, 0.25) is 0 Å². The van der Waals surface area contributed by atoms with Crippen molar-refractivity contribution in [1.29, 1.82) is 0 Å². The van der Waals surface area contributed by atoms with E-state index in [9.17, 15) is 18.0 Å². The van der Waals surface area contributed by atoms with Crippen LogP contribution in [0.25, 0.3) is 0 Å². The van der Waals surface area contributed by atoms with Gasteiger partial charge in [-0.25, -0.2) is 8.42 Å². The number of nitrogens with one attached hydrogen (secondary N) is 1. The molecule has 1 saturated heterocycles. The van der Waals surface area contributed by atoms with Crippen molar-refractivity contribution in [2.24, 2.45) is 5.41 Å². The third-order valence-electron chi connectivity index (χ3n) is 4.67. The van der Waals surface area contributed by atoms with E-state index in [1.807, 2.05) is 0 Å². The highest BCUT2D eigenvalue weighted by molar-refractivity contribution is 7.91. The predicted molar refractivity (Wildman–Crippen MR) is 82.1 cm³/mol. The fourth-order valence-corrected chi connectivity index (χ4v) is 4.77. The quantitative estimate of drug-likeness (QED) is 0.779. The zero-order valence-corrected chi connectivity index (χ0v) is 13.8. The Balaban J connectivity index is 1.62. The van der Waals surface area contributed by atoms with E-state index in [-0.39, 0.29) is 35.9 Å². The standard InChI is InChI=1S/C15H20N2O5S/c1-17(11-4-8-23(20,21)10-11)14(19)15(5-6-15)13(18)16-9-12-3-2-7-22-12/h2-3,7,11H,4-6,8-10H2,1H3,(H,16,18). The molecule has 0 bridgehead atoms. The van der Waals surface area contributed by atoms with Gasteiger partial charge in [0, 0.05) is 13.1 Å². The molecular weight excluding hydrogens is 320 g/mol. The Labute approximate surface area is 134 Å². The molecular formula is C15H20N2O5S. The summed E-state index contributed by atoms with van der Waals surface area (Å²) < 4.78 is 28.3. The second-order valence-electron chi connectivity index (χ2n) is 6.32. The van der Waals surface area contributed by atoms with Crippen LogP contribution in [-0.4, -0.2) is 49.7 Å². The molecule has 2 aliphatic rings. The number of sulfone groups is 1. The van der Waals surface area contributed by atoms with Crippen molar-refractivity contribution in [3.63, 3.8) is 0 Å². The topological polar surface area (TPSA) is 96.7 Å². The third-order valence-corrected chi connectivity index (χ3v) is 6.42. The minimum atomic E-state index is -3.07. The van der Waals surface area contributed by atoms with Crippen LogP contribution in [0.1, 0.15) is 25.0 Å². The lowest BCUT2D eigenvalue weighted by Gasteiger charge is -2.27. The molecule has 0 spiro atoms. The summed E-state index contributed by atoms with van der Waals surface area (Å²) in [6, 6.07) is 3.15. The number of carbonyl (C=O) groups is 2. The van der Waals surface area contributed by atoms with Gasteiger partial charge in [0.05, 0.1) is 24.3 Å². The van der Waals surface area contributed by atoms with Gasteiger partial charge in [-0.15, -0.1) is 0 Å². The Morgan fingerprint density at radius 3 is 2.70 bits per heavy atom. The molecule has 0 aromatic carbocycles. The third kappa shape index (κ3) is 3.12. The maximum atomic E-state index is 12.7. The van der Waals surface area contributed by atoms with Gasteiger partial charge in [-0.1, -0.05) is 0 Å². The summed E-state index contributed by atoms with van der Waals surface area (Å²) in [5.41, 5.74) is -1.03. The summed E-state index contributed by atoms with van der Waals surface area (Å²) in [7, 11) is -1.48. The lowest BCUT2D eigenvalue weighted by molar-refractivity contribution is -0.144. The molecule has 23 heavy (non-hydrogen) atoms. The molecule has 1 aromatic rings. The second kappa shape index (κ2) is 5.67. The molecule has 1 aromatic heterocycles. The van der Waals surface area contributed by atoms with Gasteiger partial charge in [0.25, 0.3) is 0 Å². The van der Waals surface area contributed by atoms with E-state index in [0.717, 1.165) is 0 Å². The Hall–Kier alpha value is -1.83. The Bertz CT molecular complexity index is 706. The highest BCUT2D eigenvalue weighted by Gasteiger charge is 2.58. The zero-order chi connectivity index (χ0) is 16.7. The van der Waals surface area contributed by atoms with E-state index in [1.165, 1.54) is 11.2 Å². The monoisotopic (exact) mass is 340 g/mol. The van der Waals surface area contributed by atoms with Crippen molar-refractivity contribution in [2.75, 3.05) is 18.6 Å². The van der Waals surface area contributed by atoms with E-state index in [2.05, 4.69) is 5.32 Å². The predicted octanol–water partition coefficient (Wildman–Crippen LogP) is 0.321. The number of hydrogen-bond acceptors (Lipinski definition) is 5. The van der Waals surface area contributed by atoms with E-state index in [4.69, 9.17) is 4.42 Å². The number of furan rings is 1. The van der Waals surface area contributed by atoms with Crippen LogP contribution in [0.3, 0.4) is 0 Å². The fourth-order valence-electron chi connectivity index (χ4n) is 3.00. The van der Waals surface area contributed by atoms with Gasteiger partial charge in [0.15, 0.2) is 9.84 Å². The van der Waals surface area contributed by atoms with Crippen molar-refractivity contribution >= 4 is 21.7 Å². The van der Waals surface area contributed by atoms with Crippen molar-refractivity contribution in [3.8, 4) is 0 Å². The van der Waals surface area contributed by atoms with Crippen LogP contribution < -0.4 is 5.32 Å². The van der Waals surface area contributed by atoms with Crippen molar-refractivity contribution in [3.05, 3.63) is 24.2 Å². The van der Waals surface area contributed by atoms with E-state index < -0.39 is 15.3 Å². The Kier molecular flexibility index (Phi) is 3.95. The second-order valence-corrected chi connectivity index (χ2v) is 8.55. The van der Waals surface area contributed by atoms with Crippen LogP contribution in [0.15, 0.2) is 22.8 Å². The van der Waals surface area contributed by atoms with Crippen LogP contribution >= 0.6 is 0 Å². The lowest BCUT2D eigenvalue weighted by Crippen LogP contribution is -2.47. The molecule has 1 atom stereocenters. The van der Waals surface area contributed by atoms with Gasteiger partial charge in [0.1, 0.15) is 11.2 Å². The zero-order valence-electron chi connectivity index (χ0n) is 12.9. The molecule has 1 aliphatic carbocycles. The molecule has 1 saturated carbocycles. The normalized spacial score (nSPS) is 24.1. The molecule has 126 valence electrons. The first-order valence-electron chi connectivity index (χ1n) is 7.62. The van der Waals surface area contributed by atoms with Crippen molar-refractivity contribution in [1.82, 2.24) is 10.2 Å². The molecule has 0 radical (unpaired) electrons. The summed E-state index contributed by atoms with van der Waals surface area (Å²) in [5, 5.41) is 2.73. The number of rotatable bonds is 5. The molecule has 8 heteroatoms. The summed E-state index contributed by atoms with van der Waals surface area (Å²) >= 11 is 0. The minimum Gasteiger partial charge on any atom is -0.467 e. The molecule has 2 amide bonds. The highest BCUT2D eigenvalue weighted by atomic mass is 32.2. The van der Waals surface area contributed by atoms with Crippen LogP contribution in [0.5, 0.6) is 0 Å². The molecule has 2 heterocycles. The smallest absolute Gasteiger partial charge is 0.238 e. The average molecular weight is 340 g/mol. The average Bonchev–Trinajstić information content (AvgIpc) is 3.00. The molecule has 3 rings (SSSR count). The largest absolute Gasteiger partial charge is 0.467 e. The minimum absolute atomic E-state index is 0.0145. The maximum absolute atomic E-state index is 12.7. The van der Waals surface area contributed by atoms with Gasteiger partial charge in [-0.05, 0) is 31.4 Å². The van der Waals surface area contributed by atoms with Crippen LogP contribution in [0.4, 0.5) is 0 Å². The van der Waals surface area contributed by atoms with Gasteiger partial charge in [-0.2, -0.15) is 0 Å². The maximum Gasteiger partial charge on any atom is 0.238 e. The summed E-state index contributed by atoms with van der Waals surface area (Å²) in [4.78, 5) is 26.5. The SMILES string of the molecule is CN(C(=O)C1(C(=O)NCc2ccco2)CC1)C1CCS(=O)(=O)C1. The summed E-state index contributed by atoms with van der Waals surface area (Å²) in [5.74, 6) is 0.117. The molecule has 1 aliphatic heterocycles. The van der Waals surface area contributed by atoms with Crippen LogP contribution in [-0.2, 0) is 26.0 Å². The fraction of sp³-hybridized carbons (Fsp3) is 0.600. The molecule has 1 N–H and O–H groups in total. The number of carbonyl (C=O) groups excluding carboxylic acids is 2. The first kappa shape index (κ1) is 16.0. The Morgan fingerprint density at radius 1 is 1.43 bits per heavy atom. The van der Waals surface area contributed by atoms with Gasteiger partial charge < -0.3 is 14.6 Å². The van der Waals surface area contributed by atoms with Crippen molar-refractivity contribution in [2.45, 2.75) is 31.8 Å². The van der Waals surface area contributed by atoms with Gasteiger partial charge in [-0.3, -0.25) is 9.59 Å². The van der Waals surface area contributed by atoms with E-state index in [1.54, 1.807) is 19.2 Å². The van der Waals surface area contributed by atoms with Gasteiger partial charge >= 0.3 is 0 Å². The number of hydrogen-bond donors (Lipinski definition) is 1. The lowest BCUT2D eigenvalue weighted by atomic mass is 10.0. The van der Waals surface area contributed by atoms with E-state index >= 15 is 0 Å². The first-order chi connectivity index (χ1) is 10.8. The molecule has 2 fully saturated rings.